The van der Waals surface area contributed by atoms with Crippen LogP contribution in [0.4, 0.5) is 5.69 Å². The highest BCUT2D eigenvalue weighted by Crippen LogP contribution is 2.30. The van der Waals surface area contributed by atoms with Gasteiger partial charge in [0.25, 0.3) is 0 Å². The average molecular weight is 405 g/mol. The first-order valence-corrected chi connectivity index (χ1v) is 10.2. The van der Waals surface area contributed by atoms with Gasteiger partial charge in [0, 0.05) is 0 Å². The van der Waals surface area contributed by atoms with Gasteiger partial charge in [-0.2, -0.15) is 0 Å². The molecule has 0 heterocycles. The molecular formula is C20H28N4O3S. The summed E-state index contributed by atoms with van der Waals surface area (Å²) in [4.78, 5) is 0.0468. The van der Waals surface area contributed by atoms with E-state index < -0.39 is 14.9 Å². The lowest BCUT2D eigenvalue weighted by Gasteiger charge is -2.23. The highest BCUT2D eigenvalue weighted by molar-refractivity contribution is 7.95. The topological polar surface area (TPSA) is 125 Å². The molecule has 0 radical (unpaired) electrons. The van der Waals surface area contributed by atoms with E-state index in [0.717, 1.165) is 16.1 Å². The Labute approximate surface area is 166 Å². The number of benzene rings is 2. The summed E-state index contributed by atoms with van der Waals surface area (Å²) in [6, 6.07) is 11.8. The molecule has 0 aliphatic heterocycles. The third kappa shape index (κ3) is 4.23. The lowest BCUT2D eigenvalue weighted by atomic mass is 9.87. The molecule has 2 aromatic rings. The molecule has 0 spiro atoms. The van der Waals surface area contributed by atoms with Crippen LogP contribution in [0.3, 0.4) is 0 Å². The van der Waals surface area contributed by atoms with Crippen LogP contribution in [0, 0.1) is 6.92 Å². The predicted molar refractivity (Wildman–Crippen MR) is 112 cm³/mol. The van der Waals surface area contributed by atoms with Crippen molar-refractivity contribution in [2.45, 2.75) is 38.0 Å². The second-order valence-electron chi connectivity index (χ2n) is 7.57. The minimum Gasteiger partial charge on any atom is -0.495 e. The molecular weight excluding hydrogens is 376 g/mol. The molecule has 2 rings (SSSR count). The minimum atomic E-state index is -4.01. The van der Waals surface area contributed by atoms with Crippen LogP contribution in [-0.4, -0.2) is 15.5 Å². The summed E-state index contributed by atoms with van der Waals surface area (Å²) in [6.45, 7) is 8.01. The Balaban J connectivity index is 2.48. The summed E-state index contributed by atoms with van der Waals surface area (Å²) >= 11 is 0. The molecule has 0 saturated heterocycles. The van der Waals surface area contributed by atoms with Crippen LogP contribution in [-0.2, 0) is 15.3 Å². The molecule has 0 aliphatic carbocycles. The second kappa shape index (κ2) is 7.73. The van der Waals surface area contributed by atoms with Crippen LogP contribution in [0.5, 0.6) is 5.75 Å². The van der Waals surface area contributed by atoms with E-state index in [9.17, 15) is 8.42 Å². The van der Waals surface area contributed by atoms with Crippen molar-refractivity contribution in [1.29, 1.82) is 0 Å². The smallest absolute Gasteiger partial charge is 0.224 e. The van der Waals surface area contributed by atoms with Gasteiger partial charge in [-0.15, -0.1) is 0 Å². The zero-order chi connectivity index (χ0) is 21.3. The fourth-order valence-corrected chi connectivity index (χ4v) is 3.76. The van der Waals surface area contributed by atoms with Crippen molar-refractivity contribution in [2.75, 3.05) is 12.1 Å². The largest absolute Gasteiger partial charge is 0.495 e. The van der Waals surface area contributed by atoms with Gasteiger partial charge >= 0.3 is 0 Å². The van der Waals surface area contributed by atoms with Gasteiger partial charge in [0.05, 0.1) is 12.0 Å². The van der Waals surface area contributed by atoms with Crippen LogP contribution in [0.2, 0.25) is 0 Å². The first kappa shape index (κ1) is 21.6. The number of nitrogens with zero attached hydrogens (tertiary/aromatic N) is 1. The number of hydrazine groups is 1. The summed E-state index contributed by atoms with van der Waals surface area (Å²) in [5.74, 6) is 6.22. The fourth-order valence-electron chi connectivity index (χ4n) is 2.64. The molecule has 0 saturated carbocycles. The van der Waals surface area contributed by atoms with Crippen LogP contribution in [0.1, 0.15) is 31.9 Å². The Morgan fingerprint density at radius 2 is 1.61 bits per heavy atom. The maximum atomic E-state index is 12.9. The van der Waals surface area contributed by atoms with Crippen molar-refractivity contribution < 1.29 is 13.2 Å². The number of sulfone groups is 1. The number of rotatable bonds is 5. The van der Waals surface area contributed by atoms with Gasteiger partial charge in [-0.3, -0.25) is 5.01 Å². The second-order valence-corrected chi connectivity index (χ2v) is 9.49. The van der Waals surface area contributed by atoms with Gasteiger partial charge in [-0.05, 0) is 47.7 Å². The number of methoxy groups -OCH3 is 1. The van der Waals surface area contributed by atoms with E-state index in [1.807, 2.05) is 33.8 Å². The lowest BCUT2D eigenvalue weighted by Crippen LogP contribution is -2.38. The van der Waals surface area contributed by atoms with E-state index in [1.54, 1.807) is 24.3 Å². The molecule has 6 N–H and O–H groups in total. The highest BCUT2D eigenvalue weighted by Gasteiger charge is 2.25. The summed E-state index contributed by atoms with van der Waals surface area (Å²) in [5, 5.41) is 0.490. The van der Waals surface area contributed by atoms with Gasteiger partial charge in [-0.1, -0.05) is 39.0 Å². The van der Waals surface area contributed by atoms with Gasteiger partial charge in [-0.25, -0.2) is 14.3 Å². The normalized spacial score (nSPS) is 13.1. The Bertz CT molecular complexity index is 991. The molecule has 7 nitrogen and oxygen atoms in total. The van der Waals surface area contributed by atoms with Crippen LogP contribution in [0.15, 0.2) is 58.2 Å². The molecule has 8 heteroatoms. The SMILES string of the molecule is COc1ccc(C)cc1N(N)/C(N)=C(\N)S(=O)(=O)c1ccc(C(C)(C)C)cc1. The molecule has 0 aromatic heterocycles. The van der Waals surface area contributed by atoms with E-state index in [1.165, 1.54) is 19.2 Å². The van der Waals surface area contributed by atoms with E-state index in [4.69, 9.17) is 22.0 Å². The molecule has 0 atom stereocenters. The number of hydrogen-bond acceptors (Lipinski definition) is 7. The quantitative estimate of drug-likeness (QED) is 0.516. The predicted octanol–water partition coefficient (Wildman–Crippen LogP) is 2.50. The van der Waals surface area contributed by atoms with Crippen molar-refractivity contribution in [3.63, 3.8) is 0 Å². The van der Waals surface area contributed by atoms with E-state index in [-0.39, 0.29) is 16.1 Å². The minimum absolute atomic E-state index is 0.0468. The number of anilines is 1. The Kier molecular flexibility index (Phi) is 5.96. The monoisotopic (exact) mass is 404 g/mol. The van der Waals surface area contributed by atoms with Crippen molar-refractivity contribution in [1.82, 2.24) is 0 Å². The van der Waals surface area contributed by atoms with E-state index in [0.29, 0.717) is 11.4 Å². The molecule has 0 bridgehead atoms. The van der Waals surface area contributed by atoms with Gasteiger partial charge in [0.1, 0.15) is 11.4 Å². The summed E-state index contributed by atoms with van der Waals surface area (Å²) in [7, 11) is -2.53. The fraction of sp³-hybridized carbons (Fsp3) is 0.300. The summed E-state index contributed by atoms with van der Waals surface area (Å²) in [5.41, 5.74) is 14.1. The molecule has 0 unspecified atom stereocenters. The van der Waals surface area contributed by atoms with Crippen LogP contribution >= 0.6 is 0 Å². The molecule has 152 valence electrons. The summed E-state index contributed by atoms with van der Waals surface area (Å²) in [6.07, 6.45) is 0. The van der Waals surface area contributed by atoms with Crippen LogP contribution in [0.25, 0.3) is 0 Å². The maximum absolute atomic E-state index is 12.9. The number of aryl methyl sites for hydroxylation is 1. The Hall–Kier alpha value is -2.71. The van der Waals surface area contributed by atoms with Crippen molar-refractivity contribution >= 4 is 15.5 Å². The van der Waals surface area contributed by atoms with Gasteiger partial charge in [0.15, 0.2) is 10.9 Å². The molecule has 2 aromatic carbocycles. The van der Waals surface area contributed by atoms with Gasteiger partial charge < -0.3 is 16.2 Å². The van der Waals surface area contributed by atoms with Crippen molar-refractivity contribution in [2.24, 2.45) is 17.3 Å². The number of ether oxygens (including phenoxy) is 1. The molecule has 0 amide bonds. The molecule has 28 heavy (non-hydrogen) atoms. The first-order chi connectivity index (χ1) is 12.9. The van der Waals surface area contributed by atoms with Gasteiger partial charge in [0.2, 0.25) is 9.84 Å². The highest BCUT2D eigenvalue weighted by atomic mass is 32.2. The average Bonchev–Trinajstić information content (AvgIpc) is 2.65. The zero-order valence-electron chi connectivity index (χ0n) is 16.9. The van der Waals surface area contributed by atoms with Crippen molar-refractivity contribution in [3.8, 4) is 5.75 Å². The number of nitrogens with two attached hydrogens (primary N) is 3. The molecule has 0 fully saturated rings. The summed E-state index contributed by atoms with van der Waals surface area (Å²) < 4.78 is 31.1. The van der Waals surface area contributed by atoms with E-state index in [2.05, 4.69) is 0 Å². The molecule has 0 aliphatic rings. The third-order valence-corrected chi connectivity index (χ3v) is 6.11. The zero-order valence-corrected chi connectivity index (χ0v) is 17.7. The Morgan fingerprint density at radius 1 is 1.04 bits per heavy atom. The lowest BCUT2D eigenvalue weighted by molar-refractivity contribution is 0.415. The third-order valence-electron chi connectivity index (χ3n) is 4.43. The number of hydrogen-bond donors (Lipinski definition) is 3. The first-order valence-electron chi connectivity index (χ1n) is 8.70. The standard InChI is InChI=1S/C20H28N4O3S/c1-13-6-11-17(27-5)16(12-13)24(23)18(21)19(22)28(25,26)15-9-7-14(8-10-15)20(2,3)4/h6-12H,21-23H2,1-5H3/b19-18+. The Morgan fingerprint density at radius 3 is 2.11 bits per heavy atom. The van der Waals surface area contributed by atoms with E-state index >= 15 is 0 Å². The maximum Gasteiger partial charge on any atom is 0.224 e. The van der Waals surface area contributed by atoms with Crippen LogP contribution < -0.4 is 27.1 Å². The van der Waals surface area contributed by atoms with Crippen molar-refractivity contribution in [3.05, 3.63) is 64.4 Å².